The molecule has 1 unspecified atom stereocenters. The Morgan fingerprint density at radius 2 is 2.10 bits per heavy atom. The summed E-state index contributed by atoms with van der Waals surface area (Å²) < 4.78 is 6.10. The van der Waals surface area contributed by atoms with E-state index >= 15 is 0 Å². The molecule has 0 saturated carbocycles. The lowest BCUT2D eigenvalue weighted by atomic mass is 9.93. The van der Waals surface area contributed by atoms with Gasteiger partial charge < -0.3 is 14.7 Å². The fraction of sp³-hybridized carbons (Fsp3) is 0.533. The van der Waals surface area contributed by atoms with Crippen molar-refractivity contribution < 1.29 is 14.6 Å². The number of amides is 1. The first-order valence-electron chi connectivity index (χ1n) is 6.70. The number of fused-ring (bicyclic) bond motifs is 1. The number of hydrogen-bond acceptors (Lipinski definition) is 3. The van der Waals surface area contributed by atoms with Gasteiger partial charge >= 0.3 is 6.09 Å². The van der Waals surface area contributed by atoms with Gasteiger partial charge in [0.25, 0.3) is 0 Å². The molecule has 0 aromatic heterocycles. The Kier molecular flexibility index (Phi) is 4.00. The van der Waals surface area contributed by atoms with Gasteiger partial charge in [-0.2, -0.15) is 0 Å². The average Bonchev–Trinajstić information content (AvgIpc) is 2.31. The summed E-state index contributed by atoms with van der Waals surface area (Å²) in [5.41, 5.74) is 1.61. The Balaban J connectivity index is 2.29. The normalized spacial score (nSPS) is 18.6. The zero-order valence-corrected chi connectivity index (χ0v) is 13.8. The van der Waals surface area contributed by atoms with E-state index in [0.717, 1.165) is 17.5 Å². The molecule has 0 aliphatic carbocycles. The lowest BCUT2D eigenvalue weighted by Crippen LogP contribution is -2.42. The molecule has 110 valence electrons. The van der Waals surface area contributed by atoms with E-state index in [9.17, 15) is 9.90 Å². The number of aromatic hydroxyl groups is 1. The van der Waals surface area contributed by atoms with Gasteiger partial charge in [-0.15, -0.1) is 0 Å². The maximum absolute atomic E-state index is 12.3. The van der Waals surface area contributed by atoms with Gasteiger partial charge in [-0.1, -0.05) is 6.07 Å². The summed E-state index contributed by atoms with van der Waals surface area (Å²) >= 11 is 3.42. The number of ether oxygens (including phenoxy) is 1. The third-order valence-electron chi connectivity index (χ3n) is 3.39. The van der Waals surface area contributed by atoms with Crippen molar-refractivity contribution in [3.63, 3.8) is 0 Å². The first kappa shape index (κ1) is 15.2. The Morgan fingerprint density at radius 3 is 2.70 bits per heavy atom. The lowest BCUT2D eigenvalue weighted by Gasteiger charge is -2.36. The fourth-order valence-electron chi connectivity index (χ4n) is 2.45. The highest BCUT2D eigenvalue weighted by Gasteiger charge is 2.32. The van der Waals surface area contributed by atoms with E-state index in [2.05, 4.69) is 15.9 Å². The summed E-state index contributed by atoms with van der Waals surface area (Å²) in [5, 5.41) is 9.82. The van der Waals surface area contributed by atoms with Gasteiger partial charge in [0.05, 0.1) is 10.5 Å². The second-order valence-electron chi connectivity index (χ2n) is 6.07. The molecule has 1 aliphatic rings. The van der Waals surface area contributed by atoms with Crippen LogP contribution >= 0.6 is 15.9 Å². The monoisotopic (exact) mass is 341 g/mol. The van der Waals surface area contributed by atoms with Crippen molar-refractivity contribution in [3.05, 3.63) is 27.7 Å². The van der Waals surface area contributed by atoms with Gasteiger partial charge in [0.15, 0.2) is 0 Å². The van der Waals surface area contributed by atoms with E-state index in [4.69, 9.17) is 4.74 Å². The Morgan fingerprint density at radius 1 is 1.45 bits per heavy atom. The van der Waals surface area contributed by atoms with Crippen LogP contribution in [0.15, 0.2) is 16.6 Å². The van der Waals surface area contributed by atoms with Gasteiger partial charge in [-0.25, -0.2) is 4.79 Å². The van der Waals surface area contributed by atoms with Crippen molar-refractivity contribution in [2.45, 2.75) is 45.8 Å². The number of phenolic OH excluding ortho intramolecular Hbond substituents is 1. The topological polar surface area (TPSA) is 49.8 Å². The van der Waals surface area contributed by atoms with Gasteiger partial charge in [-0.3, -0.25) is 0 Å². The molecule has 4 nitrogen and oxygen atoms in total. The highest BCUT2D eigenvalue weighted by Crippen LogP contribution is 2.39. The molecule has 0 radical (unpaired) electrons. The van der Waals surface area contributed by atoms with Crippen LogP contribution in [0, 0.1) is 0 Å². The number of hydrogen-bond donors (Lipinski definition) is 1. The maximum Gasteiger partial charge on any atom is 0.410 e. The molecular formula is C15H20BrNO3. The van der Waals surface area contributed by atoms with Crippen molar-refractivity contribution >= 4 is 22.0 Å². The van der Waals surface area contributed by atoms with Crippen LogP contribution in [0.1, 0.15) is 44.9 Å². The molecule has 1 aliphatic heterocycles. The zero-order chi connectivity index (χ0) is 15.1. The Hall–Kier alpha value is -1.23. The van der Waals surface area contributed by atoms with Gasteiger partial charge in [0, 0.05) is 6.54 Å². The smallest absolute Gasteiger partial charge is 0.410 e. The lowest BCUT2D eigenvalue weighted by molar-refractivity contribution is 0.0158. The minimum absolute atomic E-state index is 0.130. The molecular weight excluding hydrogens is 322 g/mol. The van der Waals surface area contributed by atoms with Crippen LogP contribution < -0.4 is 0 Å². The SMILES string of the molecule is CC1c2c(ccc(O)c2Br)CCN1C(=O)OC(C)(C)C. The maximum atomic E-state index is 12.3. The van der Waals surface area contributed by atoms with Crippen molar-refractivity contribution in [2.24, 2.45) is 0 Å². The third kappa shape index (κ3) is 2.92. The number of carbonyl (C=O) groups is 1. The molecule has 5 heteroatoms. The predicted octanol–water partition coefficient (Wildman–Crippen LogP) is 4.01. The van der Waals surface area contributed by atoms with Crippen LogP contribution in [0.3, 0.4) is 0 Å². The minimum Gasteiger partial charge on any atom is -0.507 e. The summed E-state index contributed by atoms with van der Waals surface area (Å²) in [6.07, 6.45) is 0.448. The van der Waals surface area contributed by atoms with E-state index in [1.54, 1.807) is 11.0 Å². The molecule has 1 aromatic rings. The van der Waals surface area contributed by atoms with Gasteiger partial charge in [0.2, 0.25) is 0 Å². The quantitative estimate of drug-likeness (QED) is 0.775. The number of halogens is 1. The molecule has 0 spiro atoms. The number of benzene rings is 1. The highest BCUT2D eigenvalue weighted by atomic mass is 79.9. The van der Waals surface area contributed by atoms with Crippen molar-refractivity contribution in [3.8, 4) is 5.75 Å². The van der Waals surface area contributed by atoms with Gasteiger partial charge in [-0.05, 0) is 67.2 Å². The molecule has 1 N–H and O–H groups in total. The summed E-state index contributed by atoms with van der Waals surface area (Å²) in [6, 6.07) is 3.46. The largest absolute Gasteiger partial charge is 0.507 e. The van der Waals surface area contributed by atoms with E-state index in [-0.39, 0.29) is 17.9 Å². The van der Waals surface area contributed by atoms with Gasteiger partial charge in [0.1, 0.15) is 11.4 Å². The van der Waals surface area contributed by atoms with Crippen LogP contribution in [0.5, 0.6) is 5.75 Å². The predicted molar refractivity (Wildman–Crippen MR) is 80.9 cm³/mol. The summed E-state index contributed by atoms with van der Waals surface area (Å²) in [7, 11) is 0. The van der Waals surface area contributed by atoms with Crippen molar-refractivity contribution in [2.75, 3.05) is 6.54 Å². The second kappa shape index (κ2) is 5.28. The van der Waals surface area contributed by atoms with E-state index < -0.39 is 5.60 Å². The van der Waals surface area contributed by atoms with E-state index in [1.807, 2.05) is 33.8 Å². The fourth-order valence-corrected chi connectivity index (χ4v) is 3.17. The molecule has 20 heavy (non-hydrogen) atoms. The molecule has 1 atom stereocenters. The molecule has 0 bridgehead atoms. The van der Waals surface area contributed by atoms with Crippen LogP contribution in [0.2, 0.25) is 0 Å². The first-order chi connectivity index (χ1) is 9.20. The number of carbonyl (C=O) groups excluding carboxylic acids is 1. The Bertz CT molecular complexity index is 537. The van der Waals surface area contributed by atoms with Crippen LogP contribution in [0.4, 0.5) is 4.79 Å². The summed E-state index contributed by atoms with van der Waals surface area (Å²) in [6.45, 7) is 8.14. The number of rotatable bonds is 0. The molecule has 1 amide bonds. The summed E-state index contributed by atoms with van der Waals surface area (Å²) in [5.74, 6) is 0.196. The number of phenols is 1. The summed E-state index contributed by atoms with van der Waals surface area (Å²) in [4.78, 5) is 14.0. The Labute approximate surface area is 127 Å². The van der Waals surface area contributed by atoms with E-state index in [1.165, 1.54) is 0 Å². The molecule has 1 aromatic carbocycles. The van der Waals surface area contributed by atoms with Crippen molar-refractivity contribution in [1.29, 1.82) is 0 Å². The van der Waals surface area contributed by atoms with E-state index in [0.29, 0.717) is 11.0 Å². The number of nitrogens with zero attached hydrogens (tertiary/aromatic N) is 1. The molecule has 1 heterocycles. The third-order valence-corrected chi connectivity index (χ3v) is 4.22. The van der Waals surface area contributed by atoms with Crippen LogP contribution in [-0.4, -0.2) is 28.2 Å². The molecule has 2 rings (SSSR count). The average molecular weight is 342 g/mol. The first-order valence-corrected chi connectivity index (χ1v) is 7.50. The highest BCUT2D eigenvalue weighted by molar-refractivity contribution is 9.10. The van der Waals surface area contributed by atoms with Crippen molar-refractivity contribution in [1.82, 2.24) is 4.90 Å². The second-order valence-corrected chi connectivity index (χ2v) is 6.86. The molecule has 0 fully saturated rings. The van der Waals surface area contributed by atoms with Crippen LogP contribution in [-0.2, 0) is 11.2 Å². The van der Waals surface area contributed by atoms with Crippen LogP contribution in [0.25, 0.3) is 0 Å². The zero-order valence-electron chi connectivity index (χ0n) is 12.2. The molecule has 0 saturated heterocycles. The standard InChI is InChI=1S/C15H20BrNO3/c1-9-12-10(5-6-11(18)13(12)16)7-8-17(9)14(19)20-15(2,3)4/h5-6,9,18H,7-8H2,1-4H3. The minimum atomic E-state index is -0.507.